The number of carbonyl (C=O) groups excluding carboxylic acids is 1. The number of carbonyl (C=O) groups is 1. The number of piperidine rings is 1. The number of nitrogens with one attached hydrogen (secondary N) is 1. The van der Waals surface area contributed by atoms with Gasteiger partial charge in [0.2, 0.25) is 0 Å². The van der Waals surface area contributed by atoms with Crippen molar-refractivity contribution in [2.24, 2.45) is 11.0 Å². The maximum Gasteiger partial charge on any atom is 0.295 e. The number of aromatic nitrogens is 1. The number of hydrazone groups is 1. The molecule has 1 aliphatic heterocycles. The van der Waals surface area contributed by atoms with Gasteiger partial charge in [-0.2, -0.15) is 13.5 Å². The standard InChI is InChI=1S/C33H33FN4O6S/c1-2-23-16-28(24-9-12-27(34)13-10-24)29(39)17-30(23)44-21-22-6-5-15-38(20-22)33(40)26-11-14-32(35-18-26)37-36-19-25-7-3-4-8-31(25)45(41,42)43/h3-4,7-14,16-19,22,39H,2,5-6,15,20-21H2,1H3,(H,35,37)(H,41,42,43). The molecule has 1 atom stereocenters. The molecule has 4 aromatic rings. The number of pyridine rings is 1. The summed E-state index contributed by atoms with van der Waals surface area (Å²) in [4.78, 5) is 19.0. The molecule has 12 heteroatoms. The largest absolute Gasteiger partial charge is 0.507 e. The predicted octanol–water partition coefficient (Wildman–Crippen LogP) is 5.78. The summed E-state index contributed by atoms with van der Waals surface area (Å²) in [5, 5.41) is 14.7. The van der Waals surface area contributed by atoms with E-state index in [2.05, 4.69) is 15.5 Å². The van der Waals surface area contributed by atoms with Gasteiger partial charge in [-0.05, 0) is 66.8 Å². The van der Waals surface area contributed by atoms with Gasteiger partial charge in [-0.3, -0.25) is 14.8 Å². The number of anilines is 1. The monoisotopic (exact) mass is 632 g/mol. The molecule has 3 N–H and O–H groups in total. The van der Waals surface area contributed by atoms with Crippen LogP contribution in [-0.2, 0) is 16.5 Å². The Labute approximate surface area is 261 Å². The van der Waals surface area contributed by atoms with E-state index in [1.54, 1.807) is 41.3 Å². The Morgan fingerprint density at radius 1 is 1.16 bits per heavy atom. The van der Waals surface area contributed by atoms with Gasteiger partial charge in [0, 0.05) is 42.4 Å². The molecule has 3 aromatic carbocycles. The highest BCUT2D eigenvalue weighted by molar-refractivity contribution is 7.86. The molecule has 0 saturated carbocycles. The predicted molar refractivity (Wildman–Crippen MR) is 169 cm³/mol. The molecule has 1 aliphatic rings. The molecule has 234 valence electrons. The van der Waals surface area contributed by atoms with Crippen molar-refractivity contribution in [1.29, 1.82) is 0 Å². The third kappa shape index (κ3) is 7.83. The Balaban J connectivity index is 1.18. The number of aromatic hydroxyl groups is 1. The number of likely N-dealkylation sites (tertiary alicyclic amines) is 1. The van der Waals surface area contributed by atoms with Gasteiger partial charge >= 0.3 is 0 Å². The lowest BCUT2D eigenvalue weighted by Crippen LogP contribution is -2.41. The van der Waals surface area contributed by atoms with Crippen LogP contribution in [0.15, 0.2) is 89.0 Å². The lowest BCUT2D eigenvalue weighted by atomic mass is 9.98. The number of benzene rings is 3. The van der Waals surface area contributed by atoms with Gasteiger partial charge in [0.25, 0.3) is 16.0 Å². The van der Waals surface area contributed by atoms with E-state index >= 15 is 0 Å². The van der Waals surface area contributed by atoms with Crippen LogP contribution in [0.2, 0.25) is 0 Å². The molecule has 45 heavy (non-hydrogen) atoms. The molecule has 5 rings (SSSR count). The highest BCUT2D eigenvalue weighted by atomic mass is 32.2. The first-order chi connectivity index (χ1) is 21.6. The molecule has 1 fully saturated rings. The van der Waals surface area contributed by atoms with E-state index < -0.39 is 10.1 Å². The van der Waals surface area contributed by atoms with E-state index in [4.69, 9.17) is 4.74 Å². The summed E-state index contributed by atoms with van der Waals surface area (Å²) in [6.45, 7) is 3.50. The third-order valence-electron chi connectivity index (χ3n) is 7.59. The summed E-state index contributed by atoms with van der Waals surface area (Å²) in [7, 11) is -4.40. The molecule has 2 heterocycles. The minimum Gasteiger partial charge on any atom is -0.507 e. The number of phenolic OH excluding ortho intramolecular Hbond substituents is 1. The first-order valence-electron chi connectivity index (χ1n) is 14.5. The molecule has 1 unspecified atom stereocenters. The second-order valence-corrected chi connectivity index (χ2v) is 12.1. The van der Waals surface area contributed by atoms with Crippen LogP contribution in [0.4, 0.5) is 10.2 Å². The minimum atomic E-state index is -4.40. The van der Waals surface area contributed by atoms with Gasteiger partial charge in [0.15, 0.2) is 0 Å². The fourth-order valence-corrected chi connectivity index (χ4v) is 5.91. The molecule has 1 amide bonds. The summed E-state index contributed by atoms with van der Waals surface area (Å²) >= 11 is 0. The normalized spacial score (nSPS) is 15.3. The van der Waals surface area contributed by atoms with E-state index in [1.807, 2.05) is 13.0 Å². The van der Waals surface area contributed by atoms with Crippen molar-refractivity contribution in [2.75, 3.05) is 25.1 Å². The fourth-order valence-electron chi connectivity index (χ4n) is 5.24. The maximum atomic E-state index is 13.4. The summed E-state index contributed by atoms with van der Waals surface area (Å²) in [6.07, 6.45) is 5.10. The van der Waals surface area contributed by atoms with Crippen molar-refractivity contribution in [3.8, 4) is 22.6 Å². The second-order valence-electron chi connectivity index (χ2n) is 10.7. The van der Waals surface area contributed by atoms with E-state index in [0.29, 0.717) is 54.4 Å². The number of hydrogen-bond acceptors (Lipinski definition) is 8. The van der Waals surface area contributed by atoms with Crippen molar-refractivity contribution in [3.05, 3.63) is 102 Å². The van der Waals surface area contributed by atoms with E-state index in [-0.39, 0.29) is 33.9 Å². The molecule has 1 saturated heterocycles. The summed E-state index contributed by atoms with van der Waals surface area (Å²) in [6, 6.07) is 18.5. The van der Waals surface area contributed by atoms with Crippen LogP contribution in [0.5, 0.6) is 11.5 Å². The van der Waals surface area contributed by atoms with Crippen molar-refractivity contribution in [3.63, 3.8) is 0 Å². The molecule has 1 aromatic heterocycles. The molecular formula is C33H33FN4O6S. The molecule has 0 aliphatic carbocycles. The average Bonchev–Trinajstić information content (AvgIpc) is 3.04. The quantitative estimate of drug-likeness (QED) is 0.114. The molecule has 0 bridgehead atoms. The Bertz CT molecular complexity index is 1800. The topological polar surface area (TPSA) is 141 Å². The highest BCUT2D eigenvalue weighted by Crippen LogP contribution is 2.36. The zero-order valence-electron chi connectivity index (χ0n) is 24.6. The van der Waals surface area contributed by atoms with Crippen LogP contribution in [-0.4, -0.2) is 59.8 Å². The number of halogens is 1. The Kier molecular flexibility index (Phi) is 9.74. The van der Waals surface area contributed by atoms with Gasteiger partial charge in [-0.25, -0.2) is 9.37 Å². The smallest absolute Gasteiger partial charge is 0.295 e. The van der Waals surface area contributed by atoms with Crippen molar-refractivity contribution in [1.82, 2.24) is 9.88 Å². The first kappa shape index (κ1) is 31.6. The Hall–Kier alpha value is -4.81. The lowest BCUT2D eigenvalue weighted by molar-refractivity contribution is 0.0632. The molecule has 10 nitrogen and oxygen atoms in total. The van der Waals surface area contributed by atoms with Gasteiger partial charge in [-0.15, -0.1) is 0 Å². The number of phenols is 1. The van der Waals surface area contributed by atoms with E-state index in [0.717, 1.165) is 18.4 Å². The SMILES string of the molecule is CCc1cc(-c2ccc(F)cc2)c(O)cc1OCC1CCCN(C(=O)c2ccc(NN=Cc3ccccc3S(=O)(=O)O)nc2)C1. The Morgan fingerprint density at radius 2 is 1.93 bits per heavy atom. The number of hydrogen-bond donors (Lipinski definition) is 3. The van der Waals surface area contributed by atoms with Crippen LogP contribution in [0.1, 0.15) is 41.3 Å². The van der Waals surface area contributed by atoms with Crippen LogP contribution < -0.4 is 10.2 Å². The number of amides is 1. The van der Waals surface area contributed by atoms with Crippen molar-refractivity contribution < 1.29 is 32.0 Å². The van der Waals surface area contributed by atoms with Crippen LogP contribution >= 0.6 is 0 Å². The summed E-state index contributed by atoms with van der Waals surface area (Å²) in [5.41, 5.74) is 5.55. The van der Waals surface area contributed by atoms with E-state index in [9.17, 15) is 27.3 Å². The van der Waals surface area contributed by atoms with Crippen LogP contribution in [0.25, 0.3) is 11.1 Å². The zero-order valence-corrected chi connectivity index (χ0v) is 25.4. The van der Waals surface area contributed by atoms with Crippen LogP contribution in [0, 0.1) is 11.7 Å². The number of nitrogens with zero attached hydrogens (tertiary/aromatic N) is 3. The maximum absolute atomic E-state index is 13.4. The zero-order chi connectivity index (χ0) is 32.0. The molecule has 0 spiro atoms. The number of ether oxygens (including phenoxy) is 1. The van der Waals surface area contributed by atoms with Gasteiger partial charge < -0.3 is 14.7 Å². The summed E-state index contributed by atoms with van der Waals surface area (Å²) in [5.74, 6) is 0.580. The van der Waals surface area contributed by atoms with Gasteiger partial charge in [-0.1, -0.05) is 37.3 Å². The first-order valence-corrected chi connectivity index (χ1v) is 15.9. The fraction of sp³-hybridized carbons (Fsp3) is 0.242. The van der Waals surface area contributed by atoms with Gasteiger partial charge in [0.05, 0.1) is 18.4 Å². The van der Waals surface area contributed by atoms with Crippen LogP contribution in [0.3, 0.4) is 0 Å². The highest BCUT2D eigenvalue weighted by Gasteiger charge is 2.26. The second kappa shape index (κ2) is 13.9. The van der Waals surface area contributed by atoms with Crippen molar-refractivity contribution in [2.45, 2.75) is 31.1 Å². The average molecular weight is 633 g/mol. The minimum absolute atomic E-state index is 0.0494. The third-order valence-corrected chi connectivity index (χ3v) is 8.51. The summed E-state index contributed by atoms with van der Waals surface area (Å²) < 4.78 is 52.0. The molecule has 0 radical (unpaired) electrons. The number of aryl methyl sites for hydroxylation is 1. The van der Waals surface area contributed by atoms with Gasteiger partial charge in [0.1, 0.15) is 28.0 Å². The molecular weight excluding hydrogens is 599 g/mol. The van der Waals surface area contributed by atoms with E-state index in [1.165, 1.54) is 42.7 Å². The lowest BCUT2D eigenvalue weighted by Gasteiger charge is -2.33. The number of rotatable bonds is 10. The van der Waals surface area contributed by atoms with Crippen molar-refractivity contribution >= 4 is 28.1 Å². The Morgan fingerprint density at radius 3 is 2.64 bits per heavy atom.